The second-order valence-corrected chi connectivity index (χ2v) is 12.3. The van der Waals surface area contributed by atoms with E-state index in [1.54, 1.807) is 30.3 Å². The Morgan fingerprint density at radius 3 is 2.22 bits per heavy atom. The lowest BCUT2D eigenvalue weighted by atomic mass is 9.87. The highest BCUT2D eigenvalue weighted by atomic mass is 79.9. The molecular formula is C27H30BrFN2O4S. The van der Waals surface area contributed by atoms with Crippen LogP contribution in [0.3, 0.4) is 0 Å². The van der Waals surface area contributed by atoms with Gasteiger partial charge in [0.1, 0.15) is 18.2 Å². The third-order valence-corrected chi connectivity index (χ3v) is 7.12. The fraction of sp³-hybridized carbons (Fsp3) is 0.296. The zero-order valence-electron chi connectivity index (χ0n) is 20.7. The number of sulfonamides is 1. The van der Waals surface area contributed by atoms with Crippen molar-refractivity contribution in [2.24, 2.45) is 0 Å². The minimum atomic E-state index is -3.74. The number of nitrogens with zero attached hydrogens (tertiary/aromatic N) is 1. The van der Waals surface area contributed by atoms with E-state index in [-0.39, 0.29) is 23.6 Å². The number of carbonyl (C=O) groups excluding carboxylic acids is 1. The zero-order chi connectivity index (χ0) is 26.5. The molecule has 3 aromatic rings. The van der Waals surface area contributed by atoms with Gasteiger partial charge in [0.2, 0.25) is 10.0 Å². The van der Waals surface area contributed by atoms with E-state index in [1.165, 1.54) is 17.7 Å². The van der Waals surface area contributed by atoms with Gasteiger partial charge in [-0.25, -0.2) is 12.8 Å². The molecule has 0 aromatic heterocycles. The van der Waals surface area contributed by atoms with Gasteiger partial charge in [0, 0.05) is 10.0 Å². The van der Waals surface area contributed by atoms with Crippen LogP contribution in [0.4, 0.5) is 10.1 Å². The van der Waals surface area contributed by atoms with Gasteiger partial charge in [0.25, 0.3) is 5.91 Å². The lowest BCUT2D eigenvalue weighted by molar-refractivity contribution is 0.0947. The molecule has 0 unspecified atom stereocenters. The Bertz CT molecular complexity index is 1310. The zero-order valence-corrected chi connectivity index (χ0v) is 23.1. The lowest BCUT2D eigenvalue weighted by Gasteiger charge is -2.23. The number of rotatable bonds is 9. The quantitative estimate of drug-likeness (QED) is 0.333. The second-order valence-electron chi connectivity index (χ2n) is 9.44. The summed E-state index contributed by atoms with van der Waals surface area (Å²) in [7, 11) is -3.74. The van der Waals surface area contributed by atoms with Crippen LogP contribution in [0.15, 0.2) is 71.2 Å². The average molecular weight is 578 g/mol. The van der Waals surface area contributed by atoms with Crippen molar-refractivity contribution in [3.8, 4) is 5.75 Å². The molecular weight excluding hydrogens is 547 g/mol. The fourth-order valence-corrected chi connectivity index (χ4v) is 4.70. The van der Waals surface area contributed by atoms with Gasteiger partial charge in [-0.1, -0.05) is 61.0 Å². The summed E-state index contributed by atoms with van der Waals surface area (Å²) in [5.74, 6) is -0.190. The number of ether oxygens (including phenoxy) is 1. The number of anilines is 1. The molecule has 0 aliphatic carbocycles. The first kappa shape index (κ1) is 27.7. The Balaban J connectivity index is 1.56. The largest absolute Gasteiger partial charge is 0.492 e. The van der Waals surface area contributed by atoms with Crippen molar-refractivity contribution >= 4 is 37.5 Å². The number of nitrogens with one attached hydrogen (secondary N) is 1. The monoisotopic (exact) mass is 576 g/mol. The van der Waals surface area contributed by atoms with E-state index in [9.17, 15) is 17.6 Å². The fourth-order valence-electron chi connectivity index (χ4n) is 3.48. The first-order chi connectivity index (χ1) is 16.8. The summed E-state index contributed by atoms with van der Waals surface area (Å²) in [6, 6.07) is 18.6. The summed E-state index contributed by atoms with van der Waals surface area (Å²) in [6.07, 6.45) is 1.03. The molecule has 0 fully saturated rings. The van der Waals surface area contributed by atoms with Crippen molar-refractivity contribution in [1.29, 1.82) is 0 Å². The van der Waals surface area contributed by atoms with E-state index in [1.807, 2.05) is 24.3 Å². The topological polar surface area (TPSA) is 75.7 Å². The summed E-state index contributed by atoms with van der Waals surface area (Å²) >= 11 is 3.17. The summed E-state index contributed by atoms with van der Waals surface area (Å²) in [6.45, 7) is 7.02. The van der Waals surface area contributed by atoms with E-state index < -0.39 is 15.8 Å². The highest BCUT2D eigenvalue weighted by Gasteiger charge is 2.21. The Labute approximate surface area is 220 Å². The Morgan fingerprint density at radius 2 is 1.67 bits per heavy atom. The molecule has 0 spiro atoms. The molecule has 0 radical (unpaired) electrons. The van der Waals surface area contributed by atoms with Crippen LogP contribution >= 0.6 is 15.9 Å². The molecule has 0 saturated heterocycles. The molecule has 0 aliphatic rings. The van der Waals surface area contributed by atoms with Crippen LogP contribution in [0.25, 0.3) is 0 Å². The van der Waals surface area contributed by atoms with E-state index in [2.05, 4.69) is 42.0 Å². The highest BCUT2D eigenvalue weighted by Crippen LogP contribution is 2.27. The van der Waals surface area contributed by atoms with E-state index in [0.29, 0.717) is 28.8 Å². The maximum Gasteiger partial charge on any atom is 0.251 e. The molecule has 0 bridgehead atoms. The molecule has 0 atom stereocenters. The molecule has 1 amide bonds. The minimum absolute atomic E-state index is 0.0458. The third kappa shape index (κ3) is 7.54. The van der Waals surface area contributed by atoms with Gasteiger partial charge >= 0.3 is 0 Å². The molecule has 9 heteroatoms. The number of hydrogen-bond acceptors (Lipinski definition) is 4. The number of halogens is 2. The predicted molar refractivity (Wildman–Crippen MR) is 145 cm³/mol. The first-order valence-corrected chi connectivity index (χ1v) is 14.0. The van der Waals surface area contributed by atoms with Crippen LogP contribution < -0.4 is 14.4 Å². The Hall–Kier alpha value is -2.91. The summed E-state index contributed by atoms with van der Waals surface area (Å²) in [5.41, 5.74) is 2.28. The Kier molecular flexibility index (Phi) is 8.79. The van der Waals surface area contributed by atoms with Crippen LogP contribution in [-0.2, 0) is 22.0 Å². The number of amides is 1. The van der Waals surface area contributed by atoms with Gasteiger partial charge in [-0.15, -0.1) is 0 Å². The number of benzene rings is 3. The van der Waals surface area contributed by atoms with Gasteiger partial charge in [0.05, 0.1) is 25.0 Å². The molecule has 0 saturated carbocycles. The van der Waals surface area contributed by atoms with E-state index in [4.69, 9.17) is 4.74 Å². The van der Waals surface area contributed by atoms with Crippen molar-refractivity contribution < 1.29 is 22.3 Å². The van der Waals surface area contributed by atoms with E-state index in [0.717, 1.165) is 16.3 Å². The van der Waals surface area contributed by atoms with Crippen molar-refractivity contribution in [3.05, 3.63) is 93.7 Å². The Morgan fingerprint density at radius 1 is 1.03 bits per heavy atom. The van der Waals surface area contributed by atoms with Crippen LogP contribution in [0.2, 0.25) is 0 Å². The predicted octanol–water partition coefficient (Wildman–Crippen LogP) is 5.66. The highest BCUT2D eigenvalue weighted by molar-refractivity contribution is 9.10. The lowest BCUT2D eigenvalue weighted by Crippen LogP contribution is -2.30. The summed E-state index contributed by atoms with van der Waals surface area (Å²) in [4.78, 5) is 12.5. The van der Waals surface area contributed by atoms with Gasteiger partial charge in [-0.3, -0.25) is 9.10 Å². The van der Waals surface area contributed by atoms with Crippen LogP contribution in [0.5, 0.6) is 5.75 Å². The summed E-state index contributed by atoms with van der Waals surface area (Å²) < 4.78 is 46.3. The normalized spacial score (nSPS) is 11.7. The van der Waals surface area contributed by atoms with Crippen LogP contribution in [0, 0.1) is 5.82 Å². The molecule has 192 valence electrons. The van der Waals surface area contributed by atoms with Gasteiger partial charge in [0.15, 0.2) is 0 Å². The molecule has 36 heavy (non-hydrogen) atoms. The molecule has 3 aromatic carbocycles. The average Bonchev–Trinajstić information content (AvgIpc) is 2.80. The number of carbonyl (C=O) groups is 1. The molecule has 3 rings (SSSR count). The summed E-state index contributed by atoms with van der Waals surface area (Å²) in [5, 5.41) is 2.80. The molecule has 1 N–H and O–H groups in total. The van der Waals surface area contributed by atoms with Crippen LogP contribution in [-0.4, -0.2) is 33.7 Å². The van der Waals surface area contributed by atoms with Gasteiger partial charge in [-0.2, -0.15) is 0 Å². The third-order valence-electron chi connectivity index (χ3n) is 5.50. The van der Waals surface area contributed by atoms with Crippen molar-refractivity contribution in [3.63, 3.8) is 0 Å². The molecule has 0 heterocycles. The standard InChI is InChI=1S/C27H30BrFN2O4S/c1-27(2,3)21-9-12-23(13-10-21)35-16-15-30-26(32)20-7-5-19(6-8-20)18-31(36(4,33)34)25-14-11-22(28)17-24(25)29/h5-14,17H,15-16,18H2,1-4H3,(H,30,32). The van der Waals surface area contributed by atoms with Crippen molar-refractivity contribution in [1.82, 2.24) is 5.32 Å². The van der Waals surface area contributed by atoms with Gasteiger partial charge < -0.3 is 10.1 Å². The second kappa shape index (κ2) is 11.4. The van der Waals surface area contributed by atoms with Gasteiger partial charge in [-0.05, 0) is 59.0 Å². The minimum Gasteiger partial charge on any atom is -0.492 e. The molecule has 6 nitrogen and oxygen atoms in total. The smallest absolute Gasteiger partial charge is 0.251 e. The van der Waals surface area contributed by atoms with Crippen LogP contribution in [0.1, 0.15) is 42.3 Å². The first-order valence-electron chi connectivity index (χ1n) is 11.4. The SMILES string of the molecule is CC(C)(C)c1ccc(OCCNC(=O)c2ccc(CN(c3ccc(Br)cc3F)S(C)(=O)=O)cc2)cc1. The van der Waals surface area contributed by atoms with Crippen molar-refractivity contribution in [2.75, 3.05) is 23.7 Å². The number of hydrogen-bond donors (Lipinski definition) is 1. The van der Waals surface area contributed by atoms with E-state index >= 15 is 0 Å². The molecule has 0 aliphatic heterocycles. The maximum absolute atomic E-state index is 14.4. The van der Waals surface area contributed by atoms with Crippen molar-refractivity contribution in [2.45, 2.75) is 32.7 Å². The maximum atomic E-state index is 14.4.